The number of nitrogens with one attached hydrogen (secondary N) is 1. The van der Waals surface area contributed by atoms with Crippen molar-refractivity contribution in [2.45, 2.75) is 31.9 Å². The van der Waals surface area contributed by atoms with Crippen LogP contribution in [0.2, 0.25) is 0 Å². The monoisotopic (exact) mass is 390 g/mol. The maximum atomic E-state index is 5.53. The Morgan fingerprint density at radius 3 is 2.89 bits per heavy atom. The number of benzene rings is 1. The zero-order chi connectivity index (χ0) is 19.3. The number of aliphatic imine (C=N–C) groups is 1. The van der Waals surface area contributed by atoms with E-state index in [4.69, 9.17) is 9.73 Å². The van der Waals surface area contributed by atoms with Crippen LogP contribution in [-0.2, 0) is 0 Å². The van der Waals surface area contributed by atoms with Crippen LogP contribution in [0.5, 0.6) is 5.75 Å². The maximum Gasteiger partial charge on any atom is 0.193 e. The second kappa shape index (κ2) is 9.09. The van der Waals surface area contributed by atoms with Crippen molar-refractivity contribution in [2.75, 3.05) is 57.0 Å². The van der Waals surface area contributed by atoms with Gasteiger partial charge in [-0.15, -0.1) is 0 Å². The van der Waals surface area contributed by atoms with Crippen LogP contribution in [0.15, 0.2) is 29.3 Å². The van der Waals surface area contributed by atoms with Crippen molar-refractivity contribution in [1.29, 1.82) is 0 Å². The highest BCUT2D eigenvalue weighted by Crippen LogP contribution is 2.32. The Bertz CT molecular complexity index is 649. The summed E-state index contributed by atoms with van der Waals surface area (Å²) in [6.45, 7) is 12.9. The van der Waals surface area contributed by atoms with Gasteiger partial charge in [0.25, 0.3) is 0 Å². The molecule has 2 aliphatic rings. The van der Waals surface area contributed by atoms with Crippen LogP contribution >= 0.6 is 11.8 Å². The molecule has 5 nitrogen and oxygen atoms in total. The van der Waals surface area contributed by atoms with E-state index in [9.17, 15) is 0 Å². The zero-order valence-corrected chi connectivity index (χ0v) is 18.0. The first-order chi connectivity index (χ1) is 13.0. The molecule has 0 saturated carbocycles. The fourth-order valence-electron chi connectivity index (χ4n) is 3.93. The smallest absolute Gasteiger partial charge is 0.193 e. The summed E-state index contributed by atoms with van der Waals surface area (Å²) in [5.74, 6) is 3.81. The molecule has 150 valence electrons. The lowest BCUT2D eigenvalue weighted by Gasteiger charge is -2.39. The number of hydrogen-bond donors (Lipinski definition) is 1. The summed E-state index contributed by atoms with van der Waals surface area (Å²) in [6.07, 6.45) is 1.18. The van der Waals surface area contributed by atoms with Gasteiger partial charge in [0.1, 0.15) is 5.75 Å². The molecule has 6 heteroatoms. The fraction of sp³-hybridized carbons (Fsp3) is 0.667. The molecule has 27 heavy (non-hydrogen) atoms. The third-order valence-corrected chi connectivity index (χ3v) is 6.57. The Labute approximate surface area is 168 Å². The third-order valence-electron chi connectivity index (χ3n) is 5.27. The van der Waals surface area contributed by atoms with Gasteiger partial charge in [-0.25, -0.2) is 0 Å². The number of guanidine groups is 1. The lowest BCUT2D eigenvalue weighted by atomic mass is 10.1. The second-order valence-electron chi connectivity index (χ2n) is 8.00. The van der Waals surface area contributed by atoms with Crippen LogP contribution in [0.1, 0.15) is 27.2 Å². The molecule has 1 unspecified atom stereocenters. The van der Waals surface area contributed by atoms with E-state index in [1.54, 1.807) is 7.11 Å². The average Bonchev–Trinajstić information content (AvgIpc) is 3.13. The minimum Gasteiger partial charge on any atom is -0.495 e. The largest absolute Gasteiger partial charge is 0.495 e. The highest BCUT2D eigenvalue weighted by atomic mass is 32.2. The molecule has 0 spiro atoms. The molecule has 2 fully saturated rings. The number of nitrogens with zero attached hydrogens (tertiary/aromatic N) is 3. The fourth-order valence-corrected chi connectivity index (χ4v) is 5.04. The maximum absolute atomic E-state index is 5.53. The average molecular weight is 391 g/mol. The van der Waals surface area contributed by atoms with Crippen LogP contribution in [0.3, 0.4) is 0 Å². The predicted octanol–water partition coefficient (Wildman–Crippen LogP) is 3.31. The summed E-state index contributed by atoms with van der Waals surface area (Å²) in [5.41, 5.74) is 1.20. The van der Waals surface area contributed by atoms with Crippen LogP contribution in [0.4, 0.5) is 5.69 Å². The highest BCUT2D eigenvalue weighted by molar-refractivity contribution is 8.00. The molecule has 2 heterocycles. The number of rotatable bonds is 5. The summed E-state index contributed by atoms with van der Waals surface area (Å²) < 4.78 is 5.83. The van der Waals surface area contributed by atoms with Gasteiger partial charge in [-0.2, -0.15) is 11.8 Å². The minimum absolute atomic E-state index is 0.294. The van der Waals surface area contributed by atoms with Crippen molar-refractivity contribution in [3.8, 4) is 5.75 Å². The predicted molar refractivity (Wildman–Crippen MR) is 117 cm³/mol. The molecular formula is C21H34N4OS. The summed E-state index contributed by atoms with van der Waals surface area (Å²) in [7, 11) is 1.75. The van der Waals surface area contributed by atoms with Crippen LogP contribution in [-0.4, -0.2) is 67.7 Å². The number of thioether (sulfide) groups is 1. The Hall–Kier alpha value is -1.56. The lowest BCUT2D eigenvalue weighted by Crippen LogP contribution is -2.51. The van der Waals surface area contributed by atoms with Gasteiger partial charge >= 0.3 is 0 Å². The topological polar surface area (TPSA) is 40.1 Å². The SMILES string of the molecule is CCNC(=NCC1CCN(c2ccccc2OC)C1)N1CCSC(C)(C)C1. The third kappa shape index (κ3) is 5.24. The van der Waals surface area contributed by atoms with E-state index in [1.807, 2.05) is 12.1 Å². The Balaban J connectivity index is 1.62. The van der Waals surface area contributed by atoms with Gasteiger partial charge in [0, 0.05) is 49.8 Å². The molecule has 1 atom stereocenters. The van der Waals surface area contributed by atoms with E-state index < -0.39 is 0 Å². The number of ether oxygens (including phenoxy) is 1. The van der Waals surface area contributed by atoms with Crippen molar-refractivity contribution in [3.05, 3.63) is 24.3 Å². The van der Waals surface area contributed by atoms with Gasteiger partial charge < -0.3 is 19.9 Å². The molecule has 1 N–H and O–H groups in total. The van der Waals surface area contributed by atoms with E-state index in [2.05, 4.69) is 59.8 Å². The van der Waals surface area contributed by atoms with Crippen LogP contribution in [0.25, 0.3) is 0 Å². The number of para-hydroxylation sites is 2. The molecule has 3 rings (SSSR count). The van der Waals surface area contributed by atoms with E-state index in [0.717, 1.165) is 51.0 Å². The molecule has 0 aliphatic carbocycles. The van der Waals surface area contributed by atoms with Gasteiger partial charge in [0.05, 0.1) is 12.8 Å². The number of anilines is 1. The molecule has 0 radical (unpaired) electrons. The molecule has 0 aromatic heterocycles. The van der Waals surface area contributed by atoms with Crippen molar-refractivity contribution < 1.29 is 4.74 Å². The minimum atomic E-state index is 0.294. The Kier molecular flexibility index (Phi) is 6.79. The number of hydrogen-bond acceptors (Lipinski definition) is 4. The first-order valence-electron chi connectivity index (χ1n) is 10.1. The lowest BCUT2D eigenvalue weighted by molar-refractivity contribution is 0.374. The van der Waals surface area contributed by atoms with Gasteiger partial charge in [-0.05, 0) is 45.2 Å². The van der Waals surface area contributed by atoms with E-state index in [0.29, 0.717) is 10.7 Å². The first kappa shape index (κ1) is 20.2. The van der Waals surface area contributed by atoms with Gasteiger partial charge in [-0.3, -0.25) is 4.99 Å². The molecule has 1 aromatic rings. The summed E-state index contributed by atoms with van der Waals surface area (Å²) in [4.78, 5) is 9.89. The Morgan fingerprint density at radius 2 is 2.15 bits per heavy atom. The normalized spacial score (nSPS) is 22.8. The quantitative estimate of drug-likeness (QED) is 0.617. The molecular weight excluding hydrogens is 356 g/mol. The summed E-state index contributed by atoms with van der Waals surface area (Å²) >= 11 is 2.06. The van der Waals surface area contributed by atoms with Crippen molar-refractivity contribution in [1.82, 2.24) is 10.2 Å². The summed E-state index contributed by atoms with van der Waals surface area (Å²) in [5, 5.41) is 3.51. The highest BCUT2D eigenvalue weighted by Gasteiger charge is 2.29. The van der Waals surface area contributed by atoms with E-state index in [-0.39, 0.29) is 0 Å². The van der Waals surface area contributed by atoms with E-state index >= 15 is 0 Å². The number of methoxy groups -OCH3 is 1. The van der Waals surface area contributed by atoms with Gasteiger partial charge in [0.15, 0.2) is 5.96 Å². The molecule has 2 saturated heterocycles. The van der Waals surface area contributed by atoms with E-state index in [1.165, 1.54) is 17.9 Å². The Morgan fingerprint density at radius 1 is 1.33 bits per heavy atom. The second-order valence-corrected chi connectivity index (χ2v) is 9.80. The summed E-state index contributed by atoms with van der Waals surface area (Å²) in [6, 6.07) is 8.31. The van der Waals surface area contributed by atoms with Crippen molar-refractivity contribution >= 4 is 23.4 Å². The van der Waals surface area contributed by atoms with Crippen LogP contribution in [0, 0.1) is 5.92 Å². The van der Waals surface area contributed by atoms with Crippen molar-refractivity contribution in [3.63, 3.8) is 0 Å². The van der Waals surface area contributed by atoms with Gasteiger partial charge in [-0.1, -0.05) is 12.1 Å². The molecule has 2 aliphatic heterocycles. The first-order valence-corrected chi connectivity index (χ1v) is 11.1. The molecule has 1 aromatic carbocycles. The standard InChI is InChI=1S/C21H34N4OS/c1-5-22-20(25-12-13-27-21(2,3)16-25)23-14-17-10-11-24(15-17)18-8-6-7-9-19(18)26-4/h6-9,17H,5,10-16H2,1-4H3,(H,22,23). The van der Waals surface area contributed by atoms with Gasteiger partial charge in [0.2, 0.25) is 0 Å². The zero-order valence-electron chi connectivity index (χ0n) is 17.2. The molecule has 0 amide bonds. The molecule has 0 bridgehead atoms. The van der Waals surface area contributed by atoms with Crippen LogP contribution < -0.4 is 15.0 Å². The van der Waals surface area contributed by atoms with Crippen molar-refractivity contribution in [2.24, 2.45) is 10.9 Å².